The summed E-state index contributed by atoms with van der Waals surface area (Å²) in [6.07, 6.45) is 3.53. The molecule has 1 aliphatic rings. The van der Waals surface area contributed by atoms with Crippen LogP contribution in [0, 0.1) is 0 Å². The number of rotatable bonds is 2. The largest absolute Gasteiger partial charge is 0.337 e. The minimum absolute atomic E-state index is 0.103. The lowest BCUT2D eigenvalue weighted by molar-refractivity contribution is -0.127. The lowest BCUT2D eigenvalue weighted by atomic mass is 10.2. The van der Waals surface area contributed by atoms with Crippen LogP contribution in [0.2, 0.25) is 0 Å². The Bertz CT molecular complexity index is 434. The monoisotopic (exact) mass is 308 g/mol. The van der Waals surface area contributed by atoms with E-state index in [4.69, 9.17) is 0 Å². The van der Waals surface area contributed by atoms with Crippen molar-refractivity contribution in [1.82, 2.24) is 9.80 Å². The van der Waals surface area contributed by atoms with E-state index in [1.54, 1.807) is 6.08 Å². The molecule has 0 radical (unpaired) electrons. The van der Waals surface area contributed by atoms with Gasteiger partial charge in [-0.2, -0.15) is 0 Å². The van der Waals surface area contributed by atoms with Crippen LogP contribution in [0.15, 0.2) is 34.8 Å². The van der Waals surface area contributed by atoms with Crippen LogP contribution in [0.25, 0.3) is 6.08 Å². The number of likely N-dealkylation sites (N-methyl/N-ethyl adjacent to an activating group) is 1. The van der Waals surface area contributed by atoms with E-state index in [1.807, 2.05) is 35.2 Å². The van der Waals surface area contributed by atoms with Crippen LogP contribution in [-0.2, 0) is 4.79 Å². The predicted octanol–water partition coefficient (Wildman–Crippen LogP) is 2.24. The van der Waals surface area contributed by atoms with Crippen LogP contribution < -0.4 is 0 Å². The smallest absolute Gasteiger partial charge is 0.246 e. The molecule has 0 spiro atoms. The number of benzene rings is 1. The Morgan fingerprint density at radius 1 is 1.17 bits per heavy atom. The summed E-state index contributed by atoms with van der Waals surface area (Å²) >= 11 is 3.39. The molecule has 0 unspecified atom stereocenters. The summed E-state index contributed by atoms with van der Waals surface area (Å²) < 4.78 is 1.05. The first-order valence-electron chi connectivity index (χ1n) is 6.06. The summed E-state index contributed by atoms with van der Waals surface area (Å²) in [7, 11) is 2.08. The number of hydrogen-bond acceptors (Lipinski definition) is 2. The number of carbonyl (C=O) groups is 1. The highest BCUT2D eigenvalue weighted by Crippen LogP contribution is 2.11. The maximum absolute atomic E-state index is 12.0. The van der Waals surface area contributed by atoms with Crippen molar-refractivity contribution in [3.63, 3.8) is 0 Å². The fraction of sp³-hybridized carbons (Fsp3) is 0.357. The van der Waals surface area contributed by atoms with Gasteiger partial charge in [0.1, 0.15) is 0 Å². The molecule has 1 aromatic rings. The summed E-state index contributed by atoms with van der Waals surface area (Å²) in [4.78, 5) is 16.1. The molecule has 1 saturated heterocycles. The van der Waals surface area contributed by atoms with Gasteiger partial charge in [0.05, 0.1) is 0 Å². The van der Waals surface area contributed by atoms with Gasteiger partial charge in [-0.15, -0.1) is 0 Å². The molecule has 1 aliphatic heterocycles. The maximum Gasteiger partial charge on any atom is 0.246 e. The van der Waals surface area contributed by atoms with Gasteiger partial charge in [-0.25, -0.2) is 0 Å². The summed E-state index contributed by atoms with van der Waals surface area (Å²) in [5.41, 5.74) is 1.04. The second kappa shape index (κ2) is 6.16. The van der Waals surface area contributed by atoms with Crippen molar-refractivity contribution in [2.45, 2.75) is 0 Å². The van der Waals surface area contributed by atoms with Crippen LogP contribution in [0.1, 0.15) is 5.56 Å². The van der Waals surface area contributed by atoms with E-state index in [2.05, 4.69) is 27.9 Å². The molecule has 1 fully saturated rings. The lowest BCUT2D eigenvalue weighted by Crippen LogP contribution is -2.46. The second-order valence-electron chi connectivity index (χ2n) is 4.51. The molecule has 1 aromatic carbocycles. The molecule has 18 heavy (non-hydrogen) atoms. The van der Waals surface area contributed by atoms with Crippen LogP contribution in [0.3, 0.4) is 0 Å². The van der Waals surface area contributed by atoms with Crippen molar-refractivity contribution in [2.75, 3.05) is 33.2 Å². The van der Waals surface area contributed by atoms with Crippen molar-refractivity contribution in [3.8, 4) is 0 Å². The number of carbonyl (C=O) groups excluding carboxylic acids is 1. The average molecular weight is 309 g/mol. The van der Waals surface area contributed by atoms with Gasteiger partial charge in [0.25, 0.3) is 0 Å². The zero-order valence-corrected chi connectivity index (χ0v) is 12.1. The third-order valence-electron chi connectivity index (χ3n) is 3.10. The fourth-order valence-electron chi connectivity index (χ4n) is 1.87. The van der Waals surface area contributed by atoms with Crippen molar-refractivity contribution < 1.29 is 4.79 Å². The van der Waals surface area contributed by atoms with E-state index in [9.17, 15) is 4.79 Å². The summed E-state index contributed by atoms with van der Waals surface area (Å²) in [6, 6.07) is 7.91. The highest BCUT2D eigenvalue weighted by molar-refractivity contribution is 9.10. The molecule has 4 heteroatoms. The predicted molar refractivity (Wildman–Crippen MR) is 77.3 cm³/mol. The summed E-state index contributed by atoms with van der Waals surface area (Å²) in [5.74, 6) is 0.103. The van der Waals surface area contributed by atoms with E-state index in [0.717, 1.165) is 36.2 Å². The van der Waals surface area contributed by atoms with Gasteiger partial charge >= 0.3 is 0 Å². The van der Waals surface area contributed by atoms with Gasteiger partial charge < -0.3 is 9.80 Å². The normalized spacial score (nSPS) is 17.3. The Balaban J connectivity index is 1.92. The lowest BCUT2D eigenvalue weighted by Gasteiger charge is -2.31. The quantitative estimate of drug-likeness (QED) is 0.782. The summed E-state index contributed by atoms with van der Waals surface area (Å²) in [5, 5.41) is 0. The van der Waals surface area contributed by atoms with Gasteiger partial charge in [-0.1, -0.05) is 28.1 Å². The highest BCUT2D eigenvalue weighted by atomic mass is 79.9. The van der Waals surface area contributed by atoms with Crippen LogP contribution in [-0.4, -0.2) is 48.9 Å². The Kier molecular flexibility index (Phi) is 4.55. The molecule has 0 atom stereocenters. The van der Waals surface area contributed by atoms with Crippen molar-refractivity contribution in [3.05, 3.63) is 40.4 Å². The molecule has 1 heterocycles. The van der Waals surface area contributed by atoms with Crippen molar-refractivity contribution in [2.24, 2.45) is 0 Å². The first-order chi connectivity index (χ1) is 8.65. The molecular formula is C14H17BrN2O. The van der Waals surface area contributed by atoms with Crippen molar-refractivity contribution >= 4 is 27.9 Å². The number of hydrogen-bond donors (Lipinski definition) is 0. The topological polar surface area (TPSA) is 23.6 Å². The Hall–Kier alpha value is -1.13. The van der Waals surface area contributed by atoms with Crippen LogP contribution in [0.5, 0.6) is 0 Å². The van der Waals surface area contributed by atoms with Gasteiger partial charge in [-0.05, 0) is 30.8 Å². The number of nitrogens with zero attached hydrogens (tertiary/aromatic N) is 2. The number of amides is 1. The highest BCUT2D eigenvalue weighted by Gasteiger charge is 2.16. The third-order valence-corrected chi connectivity index (χ3v) is 3.63. The molecule has 1 amide bonds. The molecule has 0 aliphatic carbocycles. The average Bonchev–Trinajstić information content (AvgIpc) is 2.38. The first kappa shape index (κ1) is 13.3. The van der Waals surface area contributed by atoms with E-state index >= 15 is 0 Å². The first-order valence-corrected chi connectivity index (χ1v) is 6.85. The van der Waals surface area contributed by atoms with E-state index in [1.165, 1.54) is 0 Å². The van der Waals surface area contributed by atoms with Gasteiger partial charge in [0.15, 0.2) is 0 Å². The summed E-state index contributed by atoms with van der Waals surface area (Å²) in [6.45, 7) is 3.55. The van der Waals surface area contributed by atoms with Crippen LogP contribution in [0.4, 0.5) is 0 Å². The van der Waals surface area contributed by atoms with Gasteiger partial charge in [-0.3, -0.25) is 4.79 Å². The Labute approximate surface area is 116 Å². The minimum atomic E-state index is 0.103. The van der Waals surface area contributed by atoms with E-state index in [-0.39, 0.29) is 5.91 Å². The molecule has 2 rings (SSSR count). The fourth-order valence-corrected chi connectivity index (χ4v) is 2.14. The minimum Gasteiger partial charge on any atom is -0.337 e. The molecular weight excluding hydrogens is 292 g/mol. The van der Waals surface area contributed by atoms with Crippen LogP contribution >= 0.6 is 15.9 Å². The zero-order chi connectivity index (χ0) is 13.0. The third kappa shape index (κ3) is 3.68. The SMILES string of the molecule is CN1CCN(C(=O)C=Cc2ccc(Br)cc2)CC1. The Morgan fingerprint density at radius 3 is 2.39 bits per heavy atom. The molecule has 0 aromatic heterocycles. The second-order valence-corrected chi connectivity index (χ2v) is 5.43. The van der Waals surface area contributed by atoms with Crippen molar-refractivity contribution in [1.29, 1.82) is 0 Å². The molecule has 0 N–H and O–H groups in total. The number of halogens is 1. The van der Waals surface area contributed by atoms with E-state index < -0.39 is 0 Å². The van der Waals surface area contributed by atoms with E-state index in [0.29, 0.717) is 0 Å². The Morgan fingerprint density at radius 2 is 1.78 bits per heavy atom. The molecule has 96 valence electrons. The molecule has 3 nitrogen and oxygen atoms in total. The maximum atomic E-state index is 12.0. The van der Waals surface area contributed by atoms with Gasteiger partial charge in [0.2, 0.25) is 5.91 Å². The van der Waals surface area contributed by atoms with Gasteiger partial charge in [0, 0.05) is 36.7 Å². The molecule has 0 bridgehead atoms. The number of piperazine rings is 1. The standard InChI is InChI=1S/C14H17BrN2O/c1-16-8-10-17(11-9-16)14(18)7-4-12-2-5-13(15)6-3-12/h2-7H,8-11H2,1H3. The molecule has 0 saturated carbocycles. The zero-order valence-electron chi connectivity index (χ0n) is 10.5.